The second-order valence-electron chi connectivity index (χ2n) is 6.84. The predicted molar refractivity (Wildman–Crippen MR) is 90.2 cm³/mol. The third-order valence-electron chi connectivity index (χ3n) is 4.28. The molecule has 1 saturated heterocycles. The fourth-order valence-corrected chi connectivity index (χ4v) is 3.94. The number of aryl methyl sites for hydroxylation is 1. The van der Waals surface area contributed by atoms with Crippen LogP contribution in [0, 0.1) is 12.8 Å². The van der Waals surface area contributed by atoms with Crippen LogP contribution in [-0.4, -0.2) is 48.6 Å². The molecule has 118 valence electrons. The number of nitrogens with one attached hydrogen (secondary N) is 1. The lowest BCUT2D eigenvalue weighted by Gasteiger charge is -2.35. The zero-order chi connectivity index (χ0) is 14.8. The molecule has 2 fully saturated rings. The molecule has 1 aliphatic carbocycles. The topological polar surface area (TPSA) is 31.4 Å². The lowest BCUT2D eigenvalue weighted by molar-refractivity contribution is 0.231. The highest BCUT2D eigenvalue weighted by molar-refractivity contribution is 7.15. The lowest BCUT2D eigenvalue weighted by atomic mass is 10.2. The summed E-state index contributed by atoms with van der Waals surface area (Å²) in [6.45, 7) is 13.6. The van der Waals surface area contributed by atoms with Crippen LogP contribution in [0.2, 0.25) is 0 Å². The van der Waals surface area contributed by atoms with Crippen molar-refractivity contribution in [3.05, 3.63) is 10.6 Å². The SMILES string of the molecule is Cc1nc(N2CCN(CC(C)C)CC2)sc1CNC1CC1. The number of hydrogen-bond donors (Lipinski definition) is 1. The highest BCUT2D eigenvalue weighted by atomic mass is 32.1. The Labute approximate surface area is 132 Å². The van der Waals surface area contributed by atoms with E-state index in [1.54, 1.807) is 0 Å². The van der Waals surface area contributed by atoms with Crippen molar-refractivity contribution in [2.24, 2.45) is 5.92 Å². The highest BCUT2D eigenvalue weighted by Gasteiger charge is 2.23. The van der Waals surface area contributed by atoms with Crippen molar-refractivity contribution < 1.29 is 0 Å². The molecular formula is C16H28N4S. The molecule has 1 aromatic rings. The Hall–Kier alpha value is -0.650. The number of anilines is 1. The first kappa shape index (κ1) is 15.3. The Morgan fingerprint density at radius 1 is 1.24 bits per heavy atom. The van der Waals surface area contributed by atoms with Gasteiger partial charge in [-0.15, -0.1) is 11.3 Å². The zero-order valence-corrected chi connectivity index (χ0v) is 14.4. The summed E-state index contributed by atoms with van der Waals surface area (Å²) in [5.41, 5.74) is 1.22. The molecule has 4 nitrogen and oxygen atoms in total. The molecule has 0 bridgehead atoms. The van der Waals surface area contributed by atoms with Crippen LogP contribution < -0.4 is 10.2 Å². The smallest absolute Gasteiger partial charge is 0.185 e. The molecule has 0 radical (unpaired) electrons. The van der Waals surface area contributed by atoms with Gasteiger partial charge in [-0.25, -0.2) is 4.98 Å². The molecule has 0 aromatic carbocycles. The third-order valence-corrected chi connectivity index (χ3v) is 5.49. The van der Waals surface area contributed by atoms with Crippen LogP contribution in [0.3, 0.4) is 0 Å². The van der Waals surface area contributed by atoms with Gasteiger partial charge in [0, 0.05) is 50.2 Å². The summed E-state index contributed by atoms with van der Waals surface area (Å²) in [5, 5.41) is 4.83. The lowest BCUT2D eigenvalue weighted by Crippen LogP contribution is -2.47. The van der Waals surface area contributed by atoms with Crippen LogP contribution >= 0.6 is 11.3 Å². The average Bonchev–Trinajstić information content (AvgIpc) is 3.20. The molecule has 1 aromatic heterocycles. The van der Waals surface area contributed by atoms with Gasteiger partial charge in [-0.05, 0) is 25.7 Å². The van der Waals surface area contributed by atoms with Gasteiger partial charge in [0.1, 0.15) is 0 Å². The number of thiazole rings is 1. The summed E-state index contributed by atoms with van der Waals surface area (Å²) in [6.07, 6.45) is 2.70. The summed E-state index contributed by atoms with van der Waals surface area (Å²) in [5.74, 6) is 0.763. The number of aromatic nitrogens is 1. The minimum absolute atomic E-state index is 0.763. The van der Waals surface area contributed by atoms with Crippen molar-refractivity contribution >= 4 is 16.5 Å². The second-order valence-corrected chi connectivity index (χ2v) is 7.90. The van der Waals surface area contributed by atoms with E-state index in [9.17, 15) is 0 Å². The van der Waals surface area contributed by atoms with Crippen molar-refractivity contribution in [1.82, 2.24) is 15.2 Å². The molecule has 1 aliphatic heterocycles. The van der Waals surface area contributed by atoms with Crippen molar-refractivity contribution in [2.45, 2.75) is 46.2 Å². The normalized spacial score (nSPS) is 20.5. The van der Waals surface area contributed by atoms with Gasteiger partial charge in [0.15, 0.2) is 5.13 Å². The summed E-state index contributed by atoms with van der Waals surface area (Å²) in [6, 6.07) is 0.773. The van der Waals surface area contributed by atoms with E-state index in [1.165, 1.54) is 48.2 Å². The fraction of sp³-hybridized carbons (Fsp3) is 0.812. The molecule has 0 spiro atoms. The maximum absolute atomic E-state index is 4.80. The molecule has 21 heavy (non-hydrogen) atoms. The summed E-state index contributed by atoms with van der Waals surface area (Å²) in [4.78, 5) is 11.3. The van der Waals surface area contributed by atoms with Gasteiger partial charge in [-0.1, -0.05) is 13.8 Å². The molecule has 3 rings (SSSR count). The summed E-state index contributed by atoms with van der Waals surface area (Å²) >= 11 is 1.88. The first-order valence-electron chi connectivity index (χ1n) is 8.29. The summed E-state index contributed by atoms with van der Waals surface area (Å²) < 4.78 is 0. The van der Waals surface area contributed by atoms with Crippen molar-refractivity contribution in [1.29, 1.82) is 0 Å². The van der Waals surface area contributed by atoms with Crippen LogP contribution in [0.4, 0.5) is 5.13 Å². The first-order chi connectivity index (χ1) is 10.1. The molecule has 0 amide bonds. The molecule has 2 heterocycles. The van der Waals surface area contributed by atoms with Crippen molar-refractivity contribution in [2.75, 3.05) is 37.6 Å². The van der Waals surface area contributed by atoms with Gasteiger partial charge < -0.3 is 10.2 Å². The Balaban J connectivity index is 1.53. The van der Waals surface area contributed by atoms with E-state index in [0.717, 1.165) is 31.6 Å². The van der Waals surface area contributed by atoms with Crippen LogP contribution in [-0.2, 0) is 6.54 Å². The number of piperazine rings is 1. The monoisotopic (exact) mass is 308 g/mol. The molecule has 2 aliphatic rings. The molecule has 5 heteroatoms. The van der Waals surface area contributed by atoms with E-state index in [-0.39, 0.29) is 0 Å². The Bertz CT molecular complexity index is 459. The summed E-state index contributed by atoms with van der Waals surface area (Å²) in [7, 11) is 0. The third kappa shape index (κ3) is 4.18. The molecule has 1 N–H and O–H groups in total. The predicted octanol–water partition coefficient (Wildman–Crippen LogP) is 2.48. The second kappa shape index (κ2) is 6.63. The molecule has 0 unspecified atom stereocenters. The largest absolute Gasteiger partial charge is 0.346 e. The minimum atomic E-state index is 0.763. The molecule has 0 atom stereocenters. The zero-order valence-electron chi connectivity index (χ0n) is 13.6. The maximum Gasteiger partial charge on any atom is 0.185 e. The van der Waals surface area contributed by atoms with E-state index in [0.29, 0.717) is 0 Å². The quantitative estimate of drug-likeness (QED) is 0.875. The number of nitrogens with zero attached hydrogens (tertiary/aromatic N) is 3. The van der Waals surface area contributed by atoms with Gasteiger partial charge in [-0.3, -0.25) is 4.90 Å². The van der Waals surface area contributed by atoms with Gasteiger partial charge in [0.25, 0.3) is 0 Å². The van der Waals surface area contributed by atoms with Crippen molar-refractivity contribution in [3.63, 3.8) is 0 Å². The van der Waals surface area contributed by atoms with Gasteiger partial charge in [0.05, 0.1) is 5.69 Å². The van der Waals surface area contributed by atoms with Gasteiger partial charge in [-0.2, -0.15) is 0 Å². The Morgan fingerprint density at radius 2 is 1.95 bits per heavy atom. The highest BCUT2D eigenvalue weighted by Crippen LogP contribution is 2.28. The van der Waals surface area contributed by atoms with Gasteiger partial charge >= 0.3 is 0 Å². The van der Waals surface area contributed by atoms with E-state index in [2.05, 4.69) is 35.9 Å². The standard InChI is InChI=1S/C16H28N4S/c1-12(2)11-19-6-8-20(9-7-19)16-18-13(3)15(21-16)10-17-14-4-5-14/h12,14,17H,4-11H2,1-3H3. The Morgan fingerprint density at radius 3 is 2.57 bits per heavy atom. The molecular weight excluding hydrogens is 280 g/mol. The fourth-order valence-electron chi connectivity index (χ4n) is 2.87. The first-order valence-corrected chi connectivity index (χ1v) is 9.10. The van der Waals surface area contributed by atoms with E-state index in [1.807, 2.05) is 11.3 Å². The van der Waals surface area contributed by atoms with Crippen LogP contribution in [0.25, 0.3) is 0 Å². The van der Waals surface area contributed by atoms with Gasteiger partial charge in [0.2, 0.25) is 0 Å². The van der Waals surface area contributed by atoms with Crippen LogP contribution in [0.5, 0.6) is 0 Å². The van der Waals surface area contributed by atoms with Crippen LogP contribution in [0.1, 0.15) is 37.3 Å². The number of hydrogen-bond acceptors (Lipinski definition) is 5. The minimum Gasteiger partial charge on any atom is -0.346 e. The van der Waals surface area contributed by atoms with E-state index in [4.69, 9.17) is 4.98 Å². The Kier molecular flexibility index (Phi) is 4.82. The molecule has 1 saturated carbocycles. The number of rotatable bonds is 6. The van der Waals surface area contributed by atoms with Crippen molar-refractivity contribution in [3.8, 4) is 0 Å². The average molecular weight is 308 g/mol. The maximum atomic E-state index is 4.80. The van der Waals surface area contributed by atoms with E-state index < -0.39 is 0 Å². The van der Waals surface area contributed by atoms with Crippen LogP contribution in [0.15, 0.2) is 0 Å². The van der Waals surface area contributed by atoms with E-state index >= 15 is 0 Å².